The van der Waals surface area contributed by atoms with Crippen molar-refractivity contribution >= 4 is 30.8 Å². The van der Waals surface area contributed by atoms with Crippen molar-refractivity contribution in [3.05, 3.63) is 47.0 Å². The van der Waals surface area contributed by atoms with Gasteiger partial charge in [0.25, 0.3) is 5.56 Å². The van der Waals surface area contributed by atoms with Crippen LogP contribution in [0.25, 0.3) is 11.2 Å². The van der Waals surface area contributed by atoms with E-state index in [1.807, 2.05) is 0 Å². The Hall–Kier alpha value is -3.33. The first-order valence-electron chi connectivity index (χ1n) is 12.2. The number of anilines is 1. The molecule has 210 valence electrons. The second-order valence-electron chi connectivity index (χ2n) is 9.58. The van der Waals surface area contributed by atoms with Gasteiger partial charge in [0.05, 0.1) is 25.6 Å². The zero-order chi connectivity index (χ0) is 27.9. The third kappa shape index (κ3) is 5.29. The quantitative estimate of drug-likeness (QED) is 0.200. The second-order valence-corrected chi connectivity index (χ2v) is 11.3. The van der Waals surface area contributed by atoms with Gasteiger partial charge in [-0.05, 0) is 32.9 Å². The van der Waals surface area contributed by atoms with Crippen molar-refractivity contribution in [3.63, 3.8) is 0 Å². The average Bonchev–Trinajstić information content (AvgIpc) is 3.52. The van der Waals surface area contributed by atoms with Gasteiger partial charge < -0.3 is 29.6 Å². The van der Waals surface area contributed by atoms with E-state index in [9.17, 15) is 19.3 Å². The Morgan fingerprint density at radius 1 is 1.36 bits per heavy atom. The van der Waals surface area contributed by atoms with Crippen LogP contribution in [-0.2, 0) is 28.1 Å². The van der Waals surface area contributed by atoms with Crippen LogP contribution in [0.3, 0.4) is 0 Å². The highest BCUT2D eigenvalue weighted by Gasteiger charge is 2.63. The molecule has 2 aliphatic heterocycles. The molecule has 2 aromatic heterocycles. The summed E-state index contributed by atoms with van der Waals surface area (Å²) in [5.41, 5.74) is 3.87. The number of imidazole rings is 1. The molecule has 3 unspecified atom stereocenters. The van der Waals surface area contributed by atoms with Crippen molar-refractivity contribution in [1.82, 2.24) is 24.6 Å². The first kappa shape index (κ1) is 27.2. The lowest BCUT2D eigenvalue weighted by Gasteiger charge is -2.32. The van der Waals surface area contributed by atoms with Crippen LogP contribution in [0.2, 0.25) is 0 Å². The number of rotatable bonds is 10. The summed E-state index contributed by atoms with van der Waals surface area (Å²) in [4.78, 5) is 35.2. The minimum absolute atomic E-state index is 0.0302. The molecule has 0 saturated carbocycles. The van der Waals surface area contributed by atoms with E-state index in [-0.39, 0.29) is 35.6 Å². The third-order valence-electron chi connectivity index (χ3n) is 6.24. The molecule has 15 nitrogen and oxygen atoms in total. The van der Waals surface area contributed by atoms with Gasteiger partial charge in [0.2, 0.25) is 5.95 Å². The molecule has 2 bridgehead atoms. The SMILES string of the molecule is CC(C)OC(=O)C(C)NP(=O)(OC[C@@]12CO[C@@H](C(n3cnc4c(=O)[nH]c(N)nc43)O1)[C@@H]2O)Oc1ccccc1. The van der Waals surface area contributed by atoms with E-state index in [0.29, 0.717) is 0 Å². The number of para-hydroxylation sites is 1. The van der Waals surface area contributed by atoms with Gasteiger partial charge in [0.15, 0.2) is 17.4 Å². The number of carbonyl (C=O) groups excluding carboxylic acids is 1. The number of aliphatic hydroxyl groups is 1. The zero-order valence-electron chi connectivity index (χ0n) is 21.3. The van der Waals surface area contributed by atoms with E-state index in [4.69, 9.17) is 29.0 Å². The number of H-pyrrole nitrogens is 1. The molecule has 0 amide bonds. The standard InChI is InChI=1S/C23H29N6O9P/c1-12(2)36-21(32)13(3)28-39(33,38-14-7-5-4-6-8-14)35-10-23-9-34-16(17(23)30)20(37-23)29-11-25-15-18(29)26-22(24)27-19(15)31/h4-8,11-13,16-17,20,30H,9-10H2,1-3H3,(H,28,33)(H3,24,26,27,31)/t13?,16-,17+,20?,23-,39?/m1/s1. The van der Waals surface area contributed by atoms with Crippen molar-refractivity contribution in [2.24, 2.45) is 0 Å². The molecule has 2 aliphatic rings. The summed E-state index contributed by atoms with van der Waals surface area (Å²) in [7, 11) is -4.23. The van der Waals surface area contributed by atoms with Crippen molar-refractivity contribution in [2.45, 2.75) is 57.0 Å². The van der Waals surface area contributed by atoms with E-state index >= 15 is 0 Å². The number of nitrogens with two attached hydrogens (primary N) is 1. The maximum atomic E-state index is 13.9. The Kier molecular flexibility index (Phi) is 7.22. The lowest BCUT2D eigenvalue weighted by atomic mass is 10.0. The van der Waals surface area contributed by atoms with Crippen LogP contribution in [0.1, 0.15) is 27.0 Å². The lowest BCUT2D eigenvalue weighted by molar-refractivity contribution is -0.183. The summed E-state index contributed by atoms with van der Waals surface area (Å²) >= 11 is 0. The summed E-state index contributed by atoms with van der Waals surface area (Å²) in [5.74, 6) is -0.550. The van der Waals surface area contributed by atoms with Crippen LogP contribution in [0.5, 0.6) is 5.75 Å². The van der Waals surface area contributed by atoms with E-state index in [0.717, 1.165) is 0 Å². The Balaban J connectivity index is 1.38. The number of aliphatic hydroxyl groups excluding tert-OH is 1. The fourth-order valence-corrected chi connectivity index (χ4v) is 5.94. The van der Waals surface area contributed by atoms with Gasteiger partial charge in [-0.3, -0.25) is 23.7 Å². The summed E-state index contributed by atoms with van der Waals surface area (Å²) in [6.45, 7) is 4.32. The van der Waals surface area contributed by atoms with Crippen LogP contribution in [0.15, 0.2) is 41.5 Å². The fourth-order valence-electron chi connectivity index (χ4n) is 4.40. The number of nitrogens with zero attached hydrogens (tertiary/aromatic N) is 3. The Morgan fingerprint density at radius 3 is 2.82 bits per heavy atom. The second kappa shape index (κ2) is 10.3. The van der Waals surface area contributed by atoms with Gasteiger partial charge in [-0.25, -0.2) is 9.55 Å². The maximum Gasteiger partial charge on any atom is 0.459 e. The average molecular weight is 564 g/mol. The monoisotopic (exact) mass is 564 g/mol. The highest BCUT2D eigenvalue weighted by molar-refractivity contribution is 7.52. The van der Waals surface area contributed by atoms with Gasteiger partial charge in [-0.1, -0.05) is 18.2 Å². The summed E-state index contributed by atoms with van der Waals surface area (Å²) in [6, 6.07) is 7.20. The molecule has 3 aromatic rings. The van der Waals surface area contributed by atoms with Gasteiger partial charge >= 0.3 is 13.7 Å². The predicted molar refractivity (Wildman–Crippen MR) is 136 cm³/mol. The molecule has 1 aromatic carbocycles. The molecule has 6 atom stereocenters. The molecule has 39 heavy (non-hydrogen) atoms. The smallest absolute Gasteiger partial charge is 0.459 e. The van der Waals surface area contributed by atoms with Gasteiger partial charge in [-0.15, -0.1) is 0 Å². The third-order valence-corrected chi connectivity index (χ3v) is 7.86. The molecule has 4 heterocycles. The molecule has 0 radical (unpaired) electrons. The number of nitrogen functional groups attached to an aromatic ring is 1. The van der Waals surface area contributed by atoms with E-state index in [1.165, 1.54) is 17.8 Å². The largest absolute Gasteiger partial charge is 0.462 e. The first-order valence-corrected chi connectivity index (χ1v) is 13.7. The molecule has 5 N–H and O–H groups in total. The number of hydrogen-bond acceptors (Lipinski definition) is 12. The summed E-state index contributed by atoms with van der Waals surface area (Å²) in [6.07, 6.45) is -2.10. The minimum atomic E-state index is -4.23. The molecule has 2 saturated heterocycles. The van der Waals surface area contributed by atoms with E-state index in [1.54, 1.807) is 44.2 Å². The molecule has 0 aliphatic carbocycles. The van der Waals surface area contributed by atoms with E-state index in [2.05, 4.69) is 20.0 Å². The van der Waals surface area contributed by atoms with Gasteiger partial charge in [0, 0.05) is 0 Å². The number of hydrogen-bond donors (Lipinski definition) is 4. The van der Waals surface area contributed by atoms with Gasteiger partial charge in [0.1, 0.15) is 29.6 Å². The minimum Gasteiger partial charge on any atom is -0.462 e. The Bertz CT molecular complexity index is 1460. The summed E-state index contributed by atoms with van der Waals surface area (Å²) in [5, 5.41) is 13.7. The number of esters is 1. The molecule has 0 spiro atoms. The highest BCUT2D eigenvalue weighted by atomic mass is 31.2. The molecule has 2 fully saturated rings. The van der Waals surface area contributed by atoms with Crippen LogP contribution < -0.4 is 20.9 Å². The number of fused-ring (bicyclic) bond motifs is 3. The number of nitrogens with one attached hydrogen (secondary N) is 2. The number of ether oxygens (including phenoxy) is 3. The summed E-state index contributed by atoms with van der Waals surface area (Å²) < 4.78 is 43.9. The number of benzene rings is 1. The molecule has 16 heteroatoms. The van der Waals surface area contributed by atoms with Crippen LogP contribution in [0.4, 0.5) is 5.95 Å². The van der Waals surface area contributed by atoms with Crippen LogP contribution in [0, 0.1) is 0 Å². The van der Waals surface area contributed by atoms with Crippen LogP contribution in [-0.4, -0.2) is 73.8 Å². The van der Waals surface area contributed by atoms with Crippen molar-refractivity contribution in [2.75, 3.05) is 18.9 Å². The van der Waals surface area contributed by atoms with Crippen LogP contribution >= 0.6 is 7.75 Å². The highest BCUT2D eigenvalue weighted by Crippen LogP contribution is 2.50. The number of aromatic nitrogens is 4. The Labute approximate surface area is 222 Å². The zero-order valence-corrected chi connectivity index (χ0v) is 22.2. The van der Waals surface area contributed by atoms with Crippen molar-refractivity contribution < 1.29 is 37.7 Å². The Morgan fingerprint density at radius 2 is 2.10 bits per heavy atom. The normalized spacial score (nSPS) is 26.5. The molecular weight excluding hydrogens is 535 g/mol. The van der Waals surface area contributed by atoms with Crippen molar-refractivity contribution in [3.8, 4) is 5.75 Å². The first-order chi connectivity index (χ1) is 18.5. The molecule has 5 rings (SSSR count). The van der Waals surface area contributed by atoms with Crippen molar-refractivity contribution in [1.29, 1.82) is 0 Å². The molecular formula is C23H29N6O9P. The predicted octanol–water partition coefficient (Wildman–Crippen LogP) is 0.863. The topological polar surface area (TPSA) is 202 Å². The van der Waals surface area contributed by atoms with Gasteiger partial charge in [-0.2, -0.15) is 10.1 Å². The number of aromatic amines is 1. The fraction of sp³-hybridized carbons (Fsp3) is 0.478. The maximum absolute atomic E-state index is 13.9. The lowest BCUT2D eigenvalue weighted by Crippen LogP contribution is -2.46. The van der Waals surface area contributed by atoms with E-state index < -0.39 is 56.0 Å². The number of carbonyl (C=O) groups is 1.